The molecule has 0 heterocycles. The molecule has 0 fully saturated rings. The number of nitrogens with zero attached hydrogens (tertiary/aromatic N) is 1. The highest BCUT2D eigenvalue weighted by atomic mass is 35.5. The Bertz CT molecular complexity index is 590. The Morgan fingerprint density at radius 1 is 1.50 bits per heavy atom. The number of halogens is 1. The van der Waals surface area contributed by atoms with Crippen molar-refractivity contribution in [2.24, 2.45) is 0 Å². The molecule has 0 saturated heterocycles. The van der Waals surface area contributed by atoms with Crippen molar-refractivity contribution in [3.05, 3.63) is 28.8 Å². The first kappa shape index (κ1) is 16.9. The number of aliphatic hydroxyl groups excluding tert-OH is 1. The molecule has 9 heteroatoms. The molecule has 0 radical (unpaired) electrons. The van der Waals surface area contributed by atoms with Gasteiger partial charge in [0, 0.05) is 19.2 Å². The number of carbonyl (C=O) groups is 1. The van der Waals surface area contributed by atoms with Crippen LogP contribution in [-0.2, 0) is 14.9 Å². The van der Waals surface area contributed by atoms with Crippen LogP contribution in [-0.4, -0.2) is 51.6 Å². The lowest BCUT2D eigenvalue weighted by Crippen LogP contribution is -2.30. The van der Waals surface area contributed by atoms with Crippen LogP contribution in [0.1, 0.15) is 10.4 Å². The normalized spacial score (nSPS) is 11.4. The standard InChI is InChI=1S/C11H15ClN2O5S/c1-14(5-6-15)11(16)8-3-4-9(12)10(7-8)20(17,18)13-19-2/h3-4,7,13,15H,5-6H2,1-2H3. The molecule has 2 N–H and O–H groups in total. The number of hydrogen-bond donors (Lipinski definition) is 2. The lowest BCUT2D eigenvalue weighted by Gasteiger charge is -2.16. The molecule has 0 aromatic heterocycles. The van der Waals surface area contributed by atoms with Crippen LogP contribution in [0.3, 0.4) is 0 Å². The Labute approximate surface area is 122 Å². The number of sulfonamides is 1. The summed E-state index contributed by atoms with van der Waals surface area (Å²) in [5.74, 6) is -0.426. The topological polar surface area (TPSA) is 95.9 Å². The Balaban J connectivity index is 3.18. The Morgan fingerprint density at radius 2 is 2.15 bits per heavy atom. The van der Waals surface area contributed by atoms with Gasteiger partial charge in [0.05, 0.1) is 18.7 Å². The minimum Gasteiger partial charge on any atom is -0.395 e. The molecule has 0 unspecified atom stereocenters. The number of aliphatic hydroxyl groups is 1. The van der Waals surface area contributed by atoms with Crippen LogP contribution in [0.2, 0.25) is 5.02 Å². The molecule has 0 saturated carbocycles. The Morgan fingerprint density at radius 3 is 2.70 bits per heavy atom. The zero-order valence-electron chi connectivity index (χ0n) is 11.0. The molecule has 112 valence electrons. The zero-order valence-corrected chi connectivity index (χ0v) is 12.5. The number of likely N-dealkylation sites (N-methyl/N-ethyl adjacent to an activating group) is 1. The van der Waals surface area contributed by atoms with Gasteiger partial charge in [-0.1, -0.05) is 16.5 Å². The van der Waals surface area contributed by atoms with Crippen LogP contribution in [0, 0.1) is 0 Å². The van der Waals surface area contributed by atoms with E-state index in [-0.39, 0.29) is 28.6 Å². The molecule has 1 amide bonds. The highest BCUT2D eigenvalue weighted by molar-refractivity contribution is 7.89. The van der Waals surface area contributed by atoms with E-state index in [1.165, 1.54) is 24.1 Å². The van der Waals surface area contributed by atoms with Crippen LogP contribution in [0.15, 0.2) is 23.1 Å². The van der Waals surface area contributed by atoms with Crippen molar-refractivity contribution in [2.75, 3.05) is 27.3 Å². The summed E-state index contributed by atoms with van der Waals surface area (Å²) in [4.78, 5) is 19.2. The van der Waals surface area contributed by atoms with Gasteiger partial charge in [-0.05, 0) is 18.2 Å². The molecule has 20 heavy (non-hydrogen) atoms. The monoisotopic (exact) mass is 322 g/mol. The second-order valence-corrected chi connectivity index (χ2v) is 5.91. The summed E-state index contributed by atoms with van der Waals surface area (Å²) in [6.45, 7) is -0.0495. The molecule has 0 aliphatic heterocycles. The first-order valence-electron chi connectivity index (χ1n) is 5.54. The maximum atomic E-state index is 12.0. The van der Waals surface area contributed by atoms with E-state index in [4.69, 9.17) is 16.7 Å². The van der Waals surface area contributed by atoms with Gasteiger partial charge >= 0.3 is 0 Å². The summed E-state index contributed by atoms with van der Waals surface area (Å²) in [5.41, 5.74) is 0.141. The predicted molar refractivity (Wildman–Crippen MR) is 72.8 cm³/mol. The molecular formula is C11H15ClN2O5S. The van der Waals surface area contributed by atoms with Gasteiger partial charge in [0.15, 0.2) is 0 Å². The van der Waals surface area contributed by atoms with Crippen molar-refractivity contribution in [1.82, 2.24) is 9.79 Å². The van der Waals surface area contributed by atoms with Crippen LogP contribution in [0.5, 0.6) is 0 Å². The van der Waals surface area contributed by atoms with Gasteiger partial charge in [-0.3, -0.25) is 9.63 Å². The third kappa shape index (κ3) is 3.90. The fourth-order valence-corrected chi connectivity index (χ4v) is 2.81. The van der Waals surface area contributed by atoms with E-state index in [1.54, 1.807) is 0 Å². The van der Waals surface area contributed by atoms with Crippen molar-refractivity contribution in [2.45, 2.75) is 4.90 Å². The second kappa shape index (κ2) is 7.00. The van der Waals surface area contributed by atoms with Crippen LogP contribution in [0.25, 0.3) is 0 Å². The number of carbonyl (C=O) groups excluding carboxylic acids is 1. The lowest BCUT2D eigenvalue weighted by atomic mass is 10.2. The maximum Gasteiger partial charge on any atom is 0.263 e. The number of amides is 1. The third-order valence-electron chi connectivity index (χ3n) is 2.44. The van der Waals surface area contributed by atoms with Crippen molar-refractivity contribution >= 4 is 27.5 Å². The lowest BCUT2D eigenvalue weighted by molar-refractivity contribution is 0.0766. The molecule has 0 bridgehead atoms. The van der Waals surface area contributed by atoms with Crippen molar-refractivity contribution in [3.63, 3.8) is 0 Å². The summed E-state index contributed by atoms with van der Waals surface area (Å²) < 4.78 is 23.7. The Kier molecular flexibility index (Phi) is 5.90. The van der Waals surface area contributed by atoms with E-state index >= 15 is 0 Å². The molecule has 0 aliphatic rings. The number of nitrogens with one attached hydrogen (secondary N) is 1. The first-order chi connectivity index (χ1) is 9.33. The van der Waals surface area contributed by atoms with Crippen molar-refractivity contribution in [1.29, 1.82) is 0 Å². The predicted octanol–water partition coefficient (Wildman–Crippen LogP) is 0.244. The van der Waals surface area contributed by atoms with Crippen LogP contribution in [0.4, 0.5) is 0 Å². The number of benzene rings is 1. The average molecular weight is 323 g/mol. The van der Waals surface area contributed by atoms with Gasteiger partial charge in [-0.2, -0.15) is 0 Å². The Hall–Kier alpha value is -1.19. The third-order valence-corrected chi connectivity index (χ3v) is 4.19. The van der Waals surface area contributed by atoms with E-state index in [0.717, 1.165) is 13.2 Å². The van der Waals surface area contributed by atoms with Gasteiger partial charge in [-0.25, -0.2) is 8.42 Å². The fraction of sp³-hybridized carbons (Fsp3) is 0.364. The first-order valence-corrected chi connectivity index (χ1v) is 7.40. The second-order valence-electron chi connectivity index (χ2n) is 3.89. The summed E-state index contributed by atoms with van der Waals surface area (Å²) in [7, 11) is -1.32. The smallest absolute Gasteiger partial charge is 0.263 e. The quantitative estimate of drug-likeness (QED) is 0.732. The molecule has 1 aromatic rings. The van der Waals surface area contributed by atoms with Gasteiger partial charge in [0.1, 0.15) is 4.90 Å². The maximum absolute atomic E-state index is 12.0. The van der Waals surface area contributed by atoms with E-state index in [2.05, 4.69) is 4.84 Å². The van der Waals surface area contributed by atoms with E-state index < -0.39 is 15.9 Å². The summed E-state index contributed by atoms with van der Waals surface area (Å²) in [5, 5.41) is 8.76. The molecule has 0 atom stereocenters. The minimum atomic E-state index is -3.96. The van der Waals surface area contributed by atoms with Crippen LogP contribution >= 0.6 is 11.6 Å². The van der Waals surface area contributed by atoms with Crippen molar-refractivity contribution in [3.8, 4) is 0 Å². The average Bonchev–Trinajstić information content (AvgIpc) is 2.38. The fourth-order valence-electron chi connectivity index (χ4n) is 1.47. The van der Waals surface area contributed by atoms with Gasteiger partial charge < -0.3 is 10.0 Å². The van der Waals surface area contributed by atoms with Gasteiger partial charge in [-0.15, -0.1) is 0 Å². The molecule has 7 nitrogen and oxygen atoms in total. The highest BCUT2D eigenvalue weighted by Crippen LogP contribution is 2.23. The summed E-state index contributed by atoms with van der Waals surface area (Å²) >= 11 is 5.82. The number of hydrogen-bond acceptors (Lipinski definition) is 5. The molecule has 1 aromatic carbocycles. The molecule has 0 aliphatic carbocycles. The van der Waals surface area contributed by atoms with E-state index in [0.29, 0.717) is 0 Å². The van der Waals surface area contributed by atoms with Crippen LogP contribution < -0.4 is 4.89 Å². The van der Waals surface area contributed by atoms with Crippen molar-refractivity contribution < 1.29 is 23.2 Å². The minimum absolute atomic E-state index is 0.0316. The number of rotatable bonds is 6. The zero-order chi connectivity index (χ0) is 15.3. The van der Waals surface area contributed by atoms with Gasteiger partial charge in [0.25, 0.3) is 15.9 Å². The highest BCUT2D eigenvalue weighted by Gasteiger charge is 2.21. The van der Waals surface area contributed by atoms with E-state index in [9.17, 15) is 13.2 Å². The largest absolute Gasteiger partial charge is 0.395 e. The summed E-state index contributed by atoms with van der Waals surface area (Å²) in [6, 6.07) is 3.87. The molecule has 1 rings (SSSR count). The SMILES string of the molecule is CONS(=O)(=O)c1cc(C(=O)N(C)CCO)ccc1Cl. The van der Waals surface area contributed by atoms with Gasteiger partial charge in [0.2, 0.25) is 0 Å². The molecule has 0 spiro atoms. The molecular weight excluding hydrogens is 308 g/mol. The van der Waals surface area contributed by atoms with E-state index in [1.807, 2.05) is 4.89 Å². The summed E-state index contributed by atoms with van der Waals surface area (Å²) in [6.07, 6.45) is 0.